The highest BCUT2D eigenvalue weighted by Crippen LogP contribution is 2.28. The molecule has 2 heterocycles. The lowest BCUT2D eigenvalue weighted by atomic mass is 9.97. The van der Waals surface area contributed by atoms with Gasteiger partial charge in [0.1, 0.15) is 12.0 Å². The van der Waals surface area contributed by atoms with Crippen molar-refractivity contribution in [1.82, 2.24) is 24.6 Å². The van der Waals surface area contributed by atoms with Gasteiger partial charge in [0.15, 0.2) is 0 Å². The number of hydrogen-bond donors (Lipinski definition) is 1. The molecule has 34 heavy (non-hydrogen) atoms. The lowest BCUT2D eigenvalue weighted by Gasteiger charge is -2.46. The van der Waals surface area contributed by atoms with Crippen molar-refractivity contribution in [3.05, 3.63) is 76.4 Å². The van der Waals surface area contributed by atoms with Gasteiger partial charge in [-0.3, -0.25) is 19.7 Å². The largest absolute Gasteiger partial charge is 0.383 e. The molecule has 1 aromatic heterocycles. The number of nitrogens with one attached hydrogen (secondary N) is 1. The van der Waals surface area contributed by atoms with E-state index in [4.69, 9.17) is 0 Å². The van der Waals surface area contributed by atoms with Crippen LogP contribution in [0.4, 0.5) is 11.4 Å². The first-order chi connectivity index (χ1) is 16.2. The van der Waals surface area contributed by atoms with E-state index in [0.717, 1.165) is 5.69 Å². The lowest BCUT2D eigenvalue weighted by molar-refractivity contribution is -0.383. The zero-order valence-corrected chi connectivity index (χ0v) is 19.1. The normalized spacial score (nSPS) is 15.1. The van der Waals surface area contributed by atoms with Crippen molar-refractivity contribution in [3.63, 3.8) is 0 Å². The van der Waals surface area contributed by atoms with Gasteiger partial charge in [-0.2, -0.15) is 0 Å². The molecular weight excluding hydrogens is 438 g/mol. The molecule has 0 radical (unpaired) electrons. The standard InChI is InChI=1S/C23H25N7O4/c1-23(2)14-27(21(31)16-9-10-19(30(33)34)18(13-16)24-3)11-12-28(23)22(32)20-25-15-29(26-20)17-7-5-4-6-8-17/h4-10,13,15,24H,11-12,14H2,1-3H3. The minimum absolute atomic E-state index is 0.0886. The Balaban J connectivity index is 1.49. The topological polar surface area (TPSA) is 126 Å². The molecule has 1 saturated heterocycles. The minimum atomic E-state index is -0.671. The Morgan fingerprint density at radius 1 is 1.09 bits per heavy atom. The van der Waals surface area contributed by atoms with E-state index in [9.17, 15) is 19.7 Å². The van der Waals surface area contributed by atoms with Gasteiger partial charge in [-0.05, 0) is 38.1 Å². The number of anilines is 1. The molecule has 0 unspecified atom stereocenters. The predicted octanol–water partition coefficient (Wildman–Crippen LogP) is 2.59. The molecule has 4 rings (SSSR count). The number of carbonyl (C=O) groups excluding carboxylic acids is 2. The molecule has 11 heteroatoms. The van der Waals surface area contributed by atoms with Crippen molar-refractivity contribution < 1.29 is 14.5 Å². The number of amides is 2. The van der Waals surface area contributed by atoms with Crippen LogP contribution in [0.25, 0.3) is 5.69 Å². The van der Waals surface area contributed by atoms with Crippen LogP contribution in [0.1, 0.15) is 34.8 Å². The van der Waals surface area contributed by atoms with Crippen LogP contribution in [-0.4, -0.2) is 73.5 Å². The Hall–Kier alpha value is -4.28. The van der Waals surface area contributed by atoms with Crippen molar-refractivity contribution in [3.8, 4) is 5.69 Å². The highest BCUT2D eigenvalue weighted by molar-refractivity contribution is 5.96. The summed E-state index contributed by atoms with van der Waals surface area (Å²) >= 11 is 0. The first kappa shape index (κ1) is 22.9. The zero-order chi connectivity index (χ0) is 24.5. The van der Waals surface area contributed by atoms with E-state index in [1.807, 2.05) is 44.2 Å². The number of para-hydroxylation sites is 1. The number of carbonyl (C=O) groups is 2. The summed E-state index contributed by atoms with van der Waals surface area (Å²) in [6.45, 7) is 4.69. The first-order valence-electron chi connectivity index (χ1n) is 10.8. The Bertz CT molecular complexity index is 1240. The third-order valence-corrected chi connectivity index (χ3v) is 5.85. The maximum Gasteiger partial charge on any atom is 0.294 e. The van der Waals surface area contributed by atoms with Gasteiger partial charge in [0, 0.05) is 38.3 Å². The summed E-state index contributed by atoms with van der Waals surface area (Å²) in [6.07, 6.45) is 1.50. The van der Waals surface area contributed by atoms with Gasteiger partial charge in [0.2, 0.25) is 5.82 Å². The Morgan fingerprint density at radius 3 is 2.47 bits per heavy atom. The SMILES string of the molecule is CNc1cc(C(=O)N2CCN(C(=O)c3ncn(-c4ccccc4)n3)C(C)(C)C2)ccc1[N+](=O)[O-]. The van der Waals surface area contributed by atoms with E-state index in [1.165, 1.54) is 24.5 Å². The molecule has 0 saturated carbocycles. The number of hydrogen-bond acceptors (Lipinski definition) is 7. The Kier molecular flexibility index (Phi) is 6.01. The van der Waals surface area contributed by atoms with Crippen molar-refractivity contribution in [1.29, 1.82) is 0 Å². The Morgan fingerprint density at radius 2 is 1.82 bits per heavy atom. The fourth-order valence-electron chi connectivity index (χ4n) is 4.10. The van der Waals surface area contributed by atoms with Gasteiger partial charge >= 0.3 is 0 Å². The fraction of sp³-hybridized carbons (Fsp3) is 0.304. The molecule has 2 aromatic carbocycles. The van der Waals surface area contributed by atoms with Crippen LogP contribution in [0.5, 0.6) is 0 Å². The van der Waals surface area contributed by atoms with Crippen molar-refractivity contribution >= 4 is 23.2 Å². The number of aromatic nitrogens is 3. The number of piperazine rings is 1. The lowest BCUT2D eigenvalue weighted by Crippen LogP contribution is -2.62. The third-order valence-electron chi connectivity index (χ3n) is 5.85. The molecule has 1 N–H and O–H groups in total. The molecule has 0 aliphatic carbocycles. The van der Waals surface area contributed by atoms with E-state index in [-0.39, 0.29) is 29.0 Å². The first-order valence-corrected chi connectivity index (χ1v) is 10.8. The van der Waals surface area contributed by atoms with Crippen LogP contribution in [0.15, 0.2) is 54.9 Å². The van der Waals surface area contributed by atoms with Gasteiger partial charge in [-0.25, -0.2) is 9.67 Å². The number of nitro benzene ring substituents is 1. The van der Waals surface area contributed by atoms with Gasteiger partial charge < -0.3 is 15.1 Å². The molecule has 1 aliphatic rings. The monoisotopic (exact) mass is 463 g/mol. The van der Waals surface area contributed by atoms with Crippen molar-refractivity contribution in [2.45, 2.75) is 19.4 Å². The van der Waals surface area contributed by atoms with Crippen molar-refractivity contribution in [2.75, 3.05) is 32.0 Å². The quantitative estimate of drug-likeness (QED) is 0.455. The van der Waals surface area contributed by atoms with E-state index < -0.39 is 10.5 Å². The van der Waals surface area contributed by atoms with Crippen molar-refractivity contribution in [2.24, 2.45) is 0 Å². The number of nitro groups is 1. The summed E-state index contributed by atoms with van der Waals surface area (Å²) in [5, 5.41) is 18.3. The van der Waals surface area contributed by atoms with Crippen LogP contribution < -0.4 is 5.32 Å². The molecule has 0 bridgehead atoms. The number of nitrogens with zero attached hydrogens (tertiary/aromatic N) is 6. The third kappa shape index (κ3) is 4.32. The van der Waals surface area contributed by atoms with Gasteiger partial charge in [-0.15, -0.1) is 5.10 Å². The van der Waals surface area contributed by atoms with E-state index in [0.29, 0.717) is 25.2 Å². The maximum atomic E-state index is 13.2. The smallest absolute Gasteiger partial charge is 0.294 e. The summed E-state index contributed by atoms with van der Waals surface area (Å²) in [5.74, 6) is -0.469. The summed E-state index contributed by atoms with van der Waals surface area (Å²) in [5.41, 5.74) is 0.637. The van der Waals surface area contributed by atoms with E-state index in [1.54, 1.807) is 21.5 Å². The number of benzene rings is 2. The van der Waals surface area contributed by atoms with Crippen LogP contribution >= 0.6 is 0 Å². The van der Waals surface area contributed by atoms with E-state index >= 15 is 0 Å². The van der Waals surface area contributed by atoms with Gasteiger partial charge in [-0.1, -0.05) is 18.2 Å². The van der Waals surface area contributed by atoms with Gasteiger partial charge in [0.25, 0.3) is 17.5 Å². The average Bonchev–Trinajstić information content (AvgIpc) is 3.33. The molecule has 11 nitrogen and oxygen atoms in total. The van der Waals surface area contributed by atoms with Crippen LogP contribution in [0, 0.1) is 10.1 Å². The summed E-state index contributed by atoms with van der Waals surface area (Å²) < 4.78 is 1.55. The van der Waals surface area contributed by atoms with Crippen LogP contribution in [-0.2, 0) is 0 Å². The fourth-order valence-corrected chi connectivity index (χ4v) is 4.10. The molecule has 2 amide bonds. The molecule has 0 atom stereocenters. The molecule has 1 aliphatic heterocycles. The zero-order valence-electron chi connectivity index (χ0n) is 19.1. The number of rotatable bonds is 5. The van der Waals surface area contributed by atoms with Crippen LogP contribution in [0.3, 0.4) is 0 Å². The molecule has 176 valence electrons. The second-order valence-electron chi connectivity index (χ2n) is 8.58. The summed E-state index contributed by atoms with van der Waals surface area (Å²) in [6, 6.07) is 13.6. The van der Waals surface area contributed by atoms with E-state index in [2.05, 4.69) is 15.4 Å². The highest BCUT2D eigenvalue weighted by atomic mass is 16.6. The minimum Gasteiger partial charge on any atom is -0.383 e. The molecule has 0 spiro atoms. The Labute approximate surface area is 196 Å². The molecule has 1 fully saturated rings. The maximum absolute atomic E-state index is 13.2. The van der Waals surface area contributed by atoms with Gasteiger partial charge in [0.05, 0.1) is 16.1 Å². The molecule has 3 aromatic rings. The predicted molar refractivity (Wildman–Crippen MR) is 125 cm³/mol. The second kappa shape index (κ2) is 8.93. The second-order valence-corrected chi connectivity index (χ2v) is 8.58. The highest BCUT2D eigenvalue weighted by Gasteiger charge is 2.40. The average molecular weight is 463 g/mol. The summed E-state index contributed by atoms with van der Waals surface area (Å²) in [4.78, 5) is 44.5. The summed E-state index contributed by atoms with van der Waals surface area (Å²) in [7, 11) is 1.57. The molecular formula is C23H25N7O4. The van der Waals surface area contributed by atoms with Crippen LogP contribution in [0.2, 0.25) is 0 Å².